The maximum Gasteiger partial charge on any atom is 0.293 e. The van der Waals surface area contributed by atoms with Gasteiger partial charge in [0.2, 0.25) is 0 Å². The number of nitrogens with zero attached hydrogens (tertiary/aromatic N) is 3. The van der Waals surface area contributed by atoms with Gasteiger partial charge in [-0.1, -0.05) is 41.0 Å². The Morgan fingerprint density at radius 1 is 0.950 bits per heavy atom. The lowest BCUT2D eigenvalue weighted by Gasteiger charge is -2.13. The average molecular weight is 611 g/mol. The second kappa shape index (κ2) is 11.5. The number of hydrogen-bond donors (Lipinski definition) is 0. The molecule has 3 aromatic carbocycles. The molecule has 11 heteroatoms. The second-order valence-corrected chi connectivity index (χ2v) is 12.0. The molecule has 4 aromatic rings. The minimum absolute atomic E-state index is 0.0600. The summed E-state index contributed by atoms with van der Waals surface area (Å²) < 4.78 is 2.09. The van der Waals surface area contributed by atoms with Crippen molar-refractivity contribution >= 4 is 69.6 Å². The summed E-state index contributed by atoms with van der Waals surface area (Å²) in [5.74, 6) is -0.363. The Balaban J connectivity index is 1.34. The highest BCUT2D eigenvalue weighted by Crippen LogP contribution is 2.36. The van der Waals surface area contributed by atoms with E-state index in [1.165, 1.54) is 28.8 Å². The molecule has 0 aliphatic carbocycles. The molecule has 7 nitrogen and oxygen atoms in total. The zero-order valence-electron chi connectivity index (χ0n) is 21.3. The van der Waals surface area contributed by atoms with Crippen molar-refractivity contribution in [3.05, 3.63) is 120 Å². The van der Waals surface area contributed by atoms with E-state index in [0.29, 0.717) is 20.5 Å². The average Bonchev–Trinajstić information content (AvgIpc) is 3.34. The summed E-state index contributed by atoms with van der Waals surface area (Å²) in [6.45, 7) is 4.02. The van der Waals surface area contributed by atoms with Crippen molar-refractivity contribution in [2.75, 3.05) is 0 Å². The first kappa shape index (κ1) is 28.0. The van der Waals surface area contributed by atoms with Crippen LogP contribution in [0.4, 0.5) is 10.5 Å². The van der Waals surface area contributed by atoms with Crippen LogP contribution in [-0.2, 0) is 11.3 Å². The van der Waals surface area contributed by atoms with Crippen LogP contribution in [0.2, 0.25) is 10.0 Å². The van der Waals surface area contributed by atoms with Crippen molar-refractivity contribution in [2.24, 2.45) is 0 Å². The number of rotatable bonds is 7. The van der Waals surface area contributed by atoms with E-state index in [-0.39, 0.29) is 23.4 Å². The van der Waals surface area contributed by atoms with Crippen LogP contribution in [0, 0.1) is 24.0 Å². The van der Waals surface area contributed by atoms with Gasteiger partial charge >= 0.3 is 0 Å². The van der Waals surface area contributed by atoms with Crippen molar-refractivity contribution in [3.63, 3.8) is 0 Å². The molecule has 2 heterocycles. The van der Waals surface area contributed by atoms with Gasteiger partial charge in [0.1, 0.15) is 0 Å². The number of carbonyl (C=O) groups is 2. The fraction of sp³-hybridized carbons (Fsp3) is 0.103. The van der Waals surface area contributed by atoms with Gasteiger partial charge in [-0.25, -0.2) is 0 Å². The fourth-order valence-electron chi connectivity index (χ4n) is 4.36. The molecule has 0 saturated carbocycles. The summed E-state index contributed by atoms with van der Waals surface area (Å²) in [6.07, 6.45) is 1.76. The van der Waals surface area contributed by atoms with Gasteiger partial charge in [-0.2, -0.15) is 0 Å². The summed E-state index contributed by atoms with van der Waals surface area (Å²) >= 11 is 14.6. The number of carbonyl (C=O) groups excluding carboxylic acids is 2. The first-order valence-corrected chi connectivity index (χ1v) is 14.4. The maximum absolute atomic E-state index is 13.1. The van der Waals surface area contributed by atoms with E-state index in [9.17, 15) is 19.7 Å². The summed E-state index contributed by atoms with van der Waals surface area (Å²) in [6, 6.07) is 21.4. The Morgan fingerprint density at radius 2 is 1.60 bits per heavy atom. The third-order valence-electron chi connectivity index (χ3n) is 6.35. The van der Waals surface area contributed by atoms with Gasteiger partial charge < -0.3 is 4.57 Å². The predicted octanol–water partition coefficient (Wildman–Crippen LogP) is 8.70. The van der Waals surface area contributed by atoms with E-state index in [0.717, 1.165) is 44.2 Å². The molecule has 0 unspecified atom stereocenters. The van der Waals surface area contributed by atoms with Crippen LogP contribution >= 0.6 is 46.7 Å². The number of benzene rings is 3. The summed E-state index contributed by atoms with van der Waals surface area (Å²) in [7, 11) is 0. The van der Waals surface area contributed by atoms with Crippen LogP contribution in [0.1, 0.15) is 22.5 Å². The highest BCUT2D eigenvalue weighted by Gasteiger charge is 2.35. The molecule has 1 aromatic heterocycles. The molecule has 0 N–H and O–H groups in total. The number of halogens is 2. The molecular formula is C29H21Cl2N3O4S2. The summed E-state index contributed by atoms with van der Waals surface area (Å²) in [4.78, 5) is 39.7. The molecule has 1 saturated heterocycles. The lowest BCUT2D eigenvalue weighted by Crippen LogP contribution is -2.27. The van der Waals surface area contributed by atoms with Gasteiger partial charge in [0.15, 0.2) is 0 Å². The number of thioether (sulfide) groups is 1. The van der Waals surface area contributed by atoms with E-state index < -0.39 is 4.92 Å². The number of hydrogen-bond acceptors (Lipinski definition) is 6. The molecule has 1 fully saturated rings. The van der Waals surface area contributed by atoms with Crippen LogP contribution in [0.5, 0.6) is 0 Å². The van der Waals surface area contributed by atoms with Crippen molar-refractivity contribution < 1.29 is 14.5 Å². The summed E-state index contributed by atoms with van der Waals surface area (Å²) in [5.41, 5.74) is 4.41. The van der Waals surface area contributed by atoms with E-state index in [4.69, 9.17) is 23.2 Å². The molecule has 0 bridgehead atoms. The van der Waals surface area contributed by atoms with Crippen molar-refractivity contribution in [3.8, 4) is 5.69 Å². The third-order valence-corrected chi connectivity index (χ3v) is 8.86. The Hall–Kier alpha value is -3.50. The zero-order chi connectivity index (χ0) is 28.6. The van der Waals surface area contributed by atoms with Crippen molar-refractivity contribution in [1.29, 1.82) is 0 Å². The first-order chi connectivity index (χ1) is 19.1. The minimum atomic E-state index is -0.415. The molecule has 1 aliphatic rings. The Bertz CT molecular complexity index is 1680. The molecule has 40 heavy (non-hydrogen) atoms. The van der Waals surface area contributed by atoms with Gasteiger partial charge in [-0.05, 0) is 97.4 Å². The Kier molecular flexibility index (Phi) is 8.09. The van der Waals surface area contributed by atoms with Gasteiger partial charge in [-0.15, -0.1) is 0 Å². The standard InChI is InChI=1S/C29H21Cl2N3O4S2/c1-17-13-20(14-27-28(35)32(29(36)40-27)16-19-3-4-21(30)15-26(19)31)18(2)33(17)22-5-9-24(10-6-22)39-25-11-7-23(8-12-25)34(37)38/h3-15H,16H2,1-2H3/b27-14-. The van der Waals surface area contributed by atoms with E-state index in [1.54, 1.807) is 36.4 Å². The fourth-order valence-corrected chi connectivity index (χ4v) is 6.48. The topological polar surface area (TPSA) is 85.5 Å². The van der Waals surface area contributed by atoms with Crippen molar-refractivity contribution in [1.82, 2.24) is 9.47 Å². The Morgan fingerprint density at radius 3 is 2.23 bits per heavy atom. The third kappa shape index (κ3) is 5.83. The predicted molar refractivity (Wildman–Crippen MR) is 160 cm³/mol. The van der Waals surface area contributed by atoms with Crippen LogP contribution in [0.3, 0.4) is 0 Å². The van der Waals surface area contributed by atoms with Crippen LogP contribution in [-0.4, -0.2) is 25.5 Å². The van der Waals surface area contributed by atoms with Crippen molar-refractivity contribution in [2.45, 2.75) is 30.2 Å². The van der Waals surface area contributed by atoms with Gasteiger partial charge in [-0.3, -0.25) is 24.6 Å². The van der Waals surface area contributed by atoms with Crippen LogP contribution in [0.15, 0.2) is 87.5 Å². The number of imide groups is 1. The zero-order valence-corrected chi connectivity index (χ0v) is 24.4. The number of aryl methyl sites for hydroxylation is 1. The lowest BCUT2D eigenvalue weighted by molar-refractivity contribution is -0.384. The highest BCUT2D eigenvalue weighted by molar-refractivity contribution is 8.18. The normalized spacial score (nSPS) is 14.4. The molecule has 2 amide bonds. The molecule has 0 atom stereocenters. The van der Waals surface area contributed by atoms with E-state index >= 15 is 0 Å². The lowest BCUT2D eigenvalue weighted by atomic mass is 10.2. The maximum atomic E-state index is 13.1. The van der Waals surface area contributed by atoms with Gasteiger partial charge in [0.05, 0.1) is 16.4 Å². The molecule has 5 rings (SSSR count). The summed E-state index contributed by atoms with van der Waals surface area (Å²) in [5, 5.41) is 11.4. The second-order valence-electron chi connectivity index (χ2n) is 9.01. The molecule has 1 aliphatic heterocycles. The van der Waals surface area contributed by atoms with Gasteiger partial charge in [0, 0.05) is 49.0 Å². The van der Waals surface area contributed by atoms with Crippen LogP contribution < -0.4 is 0 Å². The van der Waals surface area contributed by atoms with E-state index in [1.807, 2.05) is 44.2 Å². The van der Waals surface area contributed by atoms with Crippen LogP contribution in [0.25, 0.3) is 11.8 Å². The number of non-ortho nitro benzene ring substituents is 1. The number of aromatic nitrogens is 1. The number of amides is 2. The largest absolute Gasteiger partial charge is 0.318 e. The highest BCUT2D eigenvalue weighted by atomic mass is 35.5. The SMILES string of the molecule is Cc1cc(/C=C2\SC(=O)N(Cc3ccc(Cl)cc3Cl)C2=O)c(C)n1-c1ccc(Sc2ccc([N+](=O)[O-])cc2)cc1. The minimum Gasteiger partial charge on any atom is -0.318 e. The Labute approximate surface area is 248 Å². The molecule has 202 valence electrons. The molecular weight excluding hydrogens is 589 g/mol. The van der Waals surface area contributed by atoms with E-state index in [2.05, 4.69) is 4.57 Å². The number of nitro benzene ring substituents is 1. The monoisotopic (exact) mass is 609 g/mol. The number of nitro groups is 1. The molecule has 0 spiro atoms. The quantitative estimate of drug-likeness (QED) is 0.118. The van der Waals surface area contributed by atoms with Gasteiger partial charge in [0.25, 0.3) is 16.8 Å². The smallest absolute Gasteiger partial charge is 0.293 e. The molecule has 0 radical (unpaired) electrons. The first-order valence-electron chi connectivity index (χ1n) is 12.0.